The van der Waals surface area contributed by atoms with Crippen LogP contribution in [0, 0.1) is 11.6 Å². The molecule has 5 rings (SSSR count). The molecule has 4 nitrogen and oxygen atoms in total. The molecule has 0 unspecified atom stereocenters. The highest BCUT2D eigenvalue weighted by atomic mass is 35.5. The van der Waals surface area contributed by atoms with Gasteiger partial charge in [0.1, 0.15) is 23.2 Å². The van der Waals surface area contributed by atoms with E-state index in [1.165, 1.54) is 42.5 Å². The van der Waals surface area contributed by atoms with E-state index < -0.39 is 17.6 Å². The van der Waals surface area contributed by atoms with Crippen molar-refractivity contribution in [1.82, 2.24) is 9.55 Å². The lowest BCUT2D eigenvalue weighted by Crippen LogP contribution is -2.09. The van der Waals surface area contributed by atoms with Gasteiger partial charge in [-0.2, -0.15) is 0 Å². The molecule has 0 amide bonds. The van der Waals surface area contributed by atoms with E-state index in [1.807, 2.05) is 47.0 Å². The minimum absolute atomic E-state index is 0.0403. The van der Waals surface area contributed by atoms with Gasteiger partial charge in [-0.25, -0.2) is 18.6 Å². The van der Waals surface area contributed by atoms with Crippen LogP contribution in [0.2, 0.25) is 5.02 Å². The molecule has 0 aliphatic heterocycles. The molecule has 0 radical (unpaired) electrons. The maximum Gasteiger partial charge on any atom is 0.346 e. The summed E-state index contributed by atoms with van der Waals surface area (Å²) in [4.78, 5) is 17.6. The third-order valence-corrected chi connectivity index (χ3v) is 6.04. The fourth-order valence-electron chi connectivity index (χ4n) is 3.89. The van der Waals surface area contributed by atoms with Crippen LogP contribution in [0.4, 0.5) is 8.78 Å². The van der Waals surface area contributed by atoms with Crippen LogP contribution in [0.3, 0.4) is 0 Å². The summed E-state index contributed by atoms with van der Waals surface area (Å²) in [5.41, 5.74) is 2.15. The normalized spacial score (nSPS) is 11.6. The molecule has 1 aromatic heterocycles. The molecule has 0 fully saturated rings. The van der Waals surface area contributed by atoms with Crippen molar-refractivity contribution in [2.24, 2.45) is 0 Å². The second-order valence-corrected chi connectivity index (χ2v) is 8.40. The number of hydrogen-bond acceptors (Lipinski definition) is 3. The highest BCUT2D eigenvalue weighted by Gasteiger charge is 2.20. The largest absolute Gasteiger partial charge is 0.422 e. The van der Waals surface area contributed by atoms with Crippen molar-refractivity contribution in [3.8, 4) is 0 Å². The van der Waals surface area contributed by atoms with E-state index in [1.54, 1.807) is 12.1 Å². The summed E-state index contributed by atoms with van der Waals surface area (Å²) in [5, 5.41) is 0.588. The van der Waals surface area contributed by atoms with Gasteiger partial charge in [0.25, 0.3) is 0 Å². The number of carbonyl (C=O) groups excluding carboxylic acids is 1. The Morgan fingerprint density at radius 1 is 0.833 bits per heavy atom. The number of para-hydroxylation sites is 2. The van der Waals surface area contributed by atoms with Gasteiger partial charge in [-0.3, -0.25) is 0 Å². The fourth-order valence-corrected chi connectivity index (χ4v) is 4.09. The lowest BCUT2D eigenvalue weighted by molar-refractivity contribution is 0.0688. The van der Waals surface area contributed by atoms with Crippen LogP contribution in [-0.2, 0) is 11.3 Å². The van der Waals surface area contributed by atoms with Gasteiger partial charge in [0.15, 0.2) is 0 Å². The second kappa shape index (κ2) is 10.1. The lowest BCUT2D eigenvalue weighted by atomic mass is 10.1. The Hall–Kier alpha value is -4.29. The number of imidazole rings is 1. The summed E-state index contributed by atoms with van der Waals surface area (Å²) in [6.07, 6.45) is 1.48. The Kier molecular flexibility index (Phi) is 6.60. The average Bonchev–Trinajstić information content (AvgIpc) is 3.22. The molecule has 0 spiro atoms. The quantitative estimate of drug-likeness (QED) is 0.180. The van der Waals surface area contributed by atoms with Crippen LogP contribution < -0.4 is 0 Å². The number of hydrogen-bond donors (Lipinski definition) is 0. The first-order chi connectivity index (χ1) is 17.5. The molecular weight excluding hydrogens is 482 g/mol. The fraction of sp³-hybridized carbons (Fsp3) is 0.0345. The van der Waals surface area contributed by atoms with Crippen molar-refractivity contribution >= 4 is 40.4 Å². The smallest absolute Gasteiger partial charge is 0.346 e. The van der Waals surface area contributed by atoms with E-state index in [9.17, 15) is 13.6 Å². The Morgan fingerprint density at radius 2 is 1.44 bits per heavy atom. The van der Waals surface area contributed by atoms with Gasteiger partial charge >= 0.3 is 5.97 Å². The highest BCUT2D eigenvalue weighted by Crippen LogP contribution is 2.27. The predicted molar refractivity (Wildman–Crippen MR) is 136 cm³/mol. The number of esters is 1. The van der Waals surface area contributed by atoms with E-state index in [2.05, 4.69) is 4.98 Å². The number of nitrogens with zero attached hydrogens (tertiary/aromatic N) is 2. The zero-order valence-corrected chi connectivity index (χ0v) is 19.6. The van der Waals surface area contributed by atoms with Crippen LogP contribution in [0.25, 0.3) is 22.9 Å². The average molecular weight is 501 g/mol. The molecule has 0 aliphatic rings. The Labute approximate surface area is 211 Å². The molecule has 0 N–H and O–H groups in total. The molecule has 36 heavy (non-hydrogen) atoms. The number of carbonyl (C=O) groups is 1. The summed E-state index contributed by atoms with van der Waals surface area (Å²) < 4.78 is 36.6. The number of ether oxygens (including phenoxy) is 1. The van der Waals surface area contributed by atoms with Crippen molar-refractivity contribution in [1.29, 1.82) is 0 Å². The van der Waals surface area contributed by atoms with E-state index in [0.29, 0.717) is 22.9 Å². The van der Waals surface area contributed by atoms with Crippen molar-refractivity contribution in [2.75, 3.05) is 0 Å². The van der Waals surface area contributed by atoms with E-state index >= 15 is 0 Å². The molecular formula is C29H19ClF2N2O2. The van der Waals surface area contributed by atoms with E-state index in [0.717, 1.165) is 17.1 Å². The van der Waals surface area contributed by atoms with Gasteiger partial charge < -0.3 is 9.30 Å². The topological polar surface area (TPSA) is 44.1 Å². The van der Waals surface area contributed by atoms with Gasteiger partial charge in [-0.15, -0.1) is 0 Å². The number of fused-ring (bicyclic) bond motifs is 1. The molecule has 0 aliphatic carbocycles. The molecule has 7 heteroatoms. The van der Waals surface area contributed by atoms with Crippen LogP contribution in [-0.4, -0.2) is 15.5 Å². The molecule has 0 atom stereocenters. The van der Waals surface area contributed by atoms with Crippen molar-refractivity contribution in [2.45, 2.75) is 6.54 Å². The van der Waals surface area contributed by atoms with Crippen molar-refractivity contribution in [3.05, 3.63) is 136 Å². The van der Waals surface area contributed by atoms with Gasteiger partial charge in [0.05, 0.1) is 28.7 Å². The predicted octanol–water partition coefficient (Wildman–Crippen LogP) is 7.37. The second-order valence-electron chi connectivity index (χ2n) is 7.99. The number of halogens is 3. The van der Waals surface area contributed by atoms with Gasteiger partial charge in [-0.05, 0) is 48.0 Å². The highest BCUT2D eigenvalue weighted by molar-refractivity contribution is 6.31. The number of benzene rings is 4. The molecule has 1 heterocycles. The van der Waals surface area contributed by atoms with E-state index in [4.69, 9.17) is 16.3 Å². The summed E-state index contributed by atoms with van der Waals surface area (Å²) >= 11 is 6.41. The Morgan fingerprint density at radius 3 is 2.17 bits per heavy atom. The Bertz CT molecular complexity index is 1610. The summed E-state index contributed by atoms with van der Waals surface area (Å²) in [7, 11) is 0. The van der Waals surface area contributed by atoms with Crippen LogP contribution in [0.1, 0.15) is 27.3 Å². The third-order valence-electron chi connectivity index (χ3n) is 5.67. The first kappa shape index (κ1) is 23.5. The van der Waals surface area contributed by atoms with Crippen LogP contribution >= 0.6 is 11.6 Å². The third kappa shape index (κ3) is 4.76. The SMILES string of the molecule is O=C(OC(=Cc1nc2ccccc2n1Cc1ccccc1Cl)c1ccccc1F)c1ccccc1F. The first-order valence-corrected chi connectivity index (χ1v) is 11.5. The van der Waals surface area contributed by atoms with Gasteiger partial charge in [-0.1, -0.05) is 66.2 Å². The maximum absolute atomic E-state index is 14.8. The minimum atomic E-state index is -0.948. The molecule has 5 aromatic rings. The van der Waals surface area contributed by atoms with Crippen molar-refractivity contribution in [3.63, 3.8) is 0 Å². The number of rotatable bonds is 6. The zero-order chi connectivity index (χ0) is 25.1. The molecule has 0 saturated heterocycles. The molecule has 178 valence electrons. The van der Waals surface area contributed by atoms with Crippen LogP contribution in [0.15, 0.2) is 97.1 Å². The molecule has 0 saturated carbocycles. The first-order valence-electron chi connectivity index (χ1n) is 11.1. The zero-order valence-electron chi connectivity index (χ0n) is 18.9. The van der Waals surface area contributed by atoms with Crippen LogP contribution in [0.5, 0.6) is 0 Å². The van der Waals surface area contributed by atoms with E-state index in [-0.39, 0.29) is 16.9 Å². The summed E-state index contributed by atoms with van der Waals surface area (Å²) in [6.45, 7) is 0.373. The Balaban J connectivity index is 1.65. The lowest BCUT2D eigenvalue weighted by Gasteiger charge is -2.13. The summed E-state index contributed by atoms with van der Waals surface area (Å²) in [5.74, 6) is -1.97. The standard InChI is InChI=1S/C29H19ClF2N2O2/c30-22-12-4-1-9-19(22)18-34-26-16-8-7-15-25(26)33-28(34)17-27(20-10-2-5-13-23(20)31)36-29(35)21-11-3-6-14-24(21)32/h1-17H,18H2. The number of aromatic nitrogens is 2. The monoisotopic (exact) mass is 500 g/mol. The van der Waals surface area contributed by atoms with Crippen molar-refractivity contribution < 1.29 is 18.3 Å². The summed E-state index contributed by atoms with van der Waals surface area (Å²) in [6, 6.07) is 26.3. The molecule has 0 bridgehead atoms. The minimum Gasteiger partial charge on any atom is -0.422 e. The van der Waals surface area contributed by atoms with Gasteiger partial charge in [0, 0.05) is 11.1 Å². The van der Waals surface area contributed by atoms with Gasteiger partial charge in [0.2, 0.25) is 0 Å². The molecule has 4 aromatic carbocycles. The maximum atomic E-state index is 14.8.